The third kappa shape index (κ3) is 6.15. The van der Waals surface area contributed by atoms with Gasteiger partial charge >= 0.3 is 11.9 Å². The molecule has 0 saturated carbocycles. The maximum atomic E-state index is 10.5. The molecule has 70 valence electrons. The first kappa shape index (κ1) is 11.4. The van der Waals surface area contributed by atoms with E-state index in [0.717, 1.165) is 0 Å². The Bertz CT molecular complexity index is 169. The number of carbonyl (C=O) groups excluding carboxylic acids is 2. The molecule has 12 heavy (non-hydrogen) atoms. The molecule has 0 heterocycles. The van der Waals surface area contributed by atoms with Crippen LogP contribution in [0.25, 0.3) is 0 Å². The fourth-order valence-electron chi connectivity index (χ4n) is 0.555. The summed E-state index contributed by atoms with van der Waals surface area (Å²) >= 11 is 3.13. The van der Waals surface area contributed by atoms with Crippen LogP contribution in [0.5, 0.6) is 0 Å². The molecule has 0 N–H and O–H groups in total. The topological polar surface area (TPSA) is 52.6 Å². The highest BCUT2D eigenvalue weighted by molar-refractivity contribution is 9.09. The van der Waals surface area contributed by atoms with Crippen molar-refractivity contribution in [3.63, 3.8) is 0 Å². The van der Waals surface area contributed by atoms with Crippen LogP contribution in [0.1, 0.15) is 13.8 Å². The lowest BCUT2D eigenvalue weighted by molar-refractivity contribution is -0.154. The Kier molecular flexibility index (Phi) is 5.70. The summed E-state index contributed by atoms with van der Waals surface area (Å²) in [5, 5.41) is 0.458. The zero-order valence-corrected chi connectivity index (χ0v) is 8.59. The minimum Gasteiger partial charge on any atom is -0.462 e. The number of hydrogen-bond acceptors (Lipinski definition) is 4. The minimum atomic E-state index is -0.397. The van der Waals surface area contributed by atoms with Crippen LogP contribution < -0.4 is 0 Å². The summed E-state index contributed by atoms with van der Waals surface area (Å²) in [4.78, 5) is 20.8. The van der Waals surface area contributed by atoms with Gasteiger partial charge in [-0.1, -0.05) is 15.9 Å². The van der Waals surface area contributed by atoms with Crippen molar-refractivity contribution in [1.29, 1.82) is 0 Å². The second-order valence-electron chi connectivity index (χ2n) is 2.19. The number of carbonyl (C=O) groups is 2. The first-order valence-electron chi connectivity index (χ1n) is 3.42. The Hall–Kier alpha value is -0.580. The van der Waals surface area contributed by atoms with Gasteiger partial charge in [0.05, 0.1) is 0 Å². The SMILES string of the molecule is CC(=O)OC[C@@H](CBr)OC(C)=O. The van der Waals surface area contributed by atoms with E-state index in [-0.39, 0.29) is 18.5 Å². The molecule has 1 atom stereocenters. The van der Waals surface area contributed by atoms with Crippen LogP contribution >= 0.6 is 15.9 Å². The van der Waals surface area contributed by atoms with Crippen LogP contribution in [0.2, 0.25) is 0 Å². The van der Waals surface area contributed by atoms with E-state index < -0.39 is 6.10 Å². The van der Waals surface area contributed by atoms with E-state index in [4.69, 9.17) is 4.74 Å². The highest BCUT2D eigenvalue weighted by atomic mass is 79.9. The molecular weight excluding hydrogens is 228 g/mol. The van der Waals surface area contributed by atoms with Crippen LogP contribution in [0.15, 0.2) is 0 Å². The second kappa shape index (κ2) is 5.99. The van der Waals surface area contributed by atoms with Gasteiger partial charge in [0.15, 0.2) is 0 Å². The second-order valence-corrected chi connectivity index (χ2v) is 2.84. The van der Waals surface area contributed by atoms with E-state index in [1.165, 1.54) is 13.8 Å². The van der Waals surface area contributed by atoms with E-state index in [1.807, 2.05) is 0 Å². The van der Waals surface area contributed by atoms with Crippen molar-refractivity contribution in [3.8, 4) is 0 Å². The molecule has 0 saturated heterocycles. The lowest BCUT2D eigenvalue weighted by atomic mass is 10.4. The molecule has 0 amide bonds. The molecule has 5 heteroatoms. The monoisotopic (exact) mass is 238 g/mol. The van der Waals surface area contributed by atoms with Gasteiger partial charge in [0.25, 0.3) is 0 Å². The van der Waals surface area contributed by atoms with Crippen molar-refractivity contribution < 1.29 is 19.1 Å². The van der Waals surface area contributed by atoms with Crippen molar-refractivity contribution in [2.45, 2.75) is 20.0 Å². The molecule has 0 aromatic rings. The average Bonchev–Trinajstić information content (AvgIpc) is 1.97. The summed E-state index contributed by atoms with van der Waals surface area (Å²) in [7, 11) is 0. The van der Waals surface area contributed by atoms with Gasteiger partial charge in [-0.2, -0.15) is 0 Å². The van der Waals surface area contributed by atoms with Crippen molar-refractivity contribution in [2.24, 2.45) is 0 Å². The van der Waals surface area contributed by atoms with E-state index in [2.05, 4.69) is 20.7 Å². The lowest BCUT2D eigenvalue weighted by Crippen LogP contribution is -2.24. The number of ether oxygens (including phenoxy) is 2. The maximum absolute atomic E-state index is 10.5. The molecule has 4 nitrogen and oxygen atoms in total. The summed E-state index contributed by atoms with van der Waals surface area (Å²) in [5.74, 6) is -0.764. The standard InChI is InChI=1S/C7H11BrO4/c1-5(9)11-4-7(3-8)12-6(2)10/h7H,3-4H2,1-2H3/t7-/m1/s1. The summed E-state index contributed by atoms with van der Waals surface area (Å²) in [6.07, 6.45) is -0.397. The maximum Gasteiger partial charge on any atom is 0.303 e. The van der Waals surface area contributed by atoms with Crippen LogP contribution in [0.4, 0.5) is 0 Å². The van der Waals surface area contributed by atoms with Crippen molar-refractivity contribution in [1.82, 2.24) is 0 Å². The Morgan fingerprint density at radius 2 is 1.92 bits per heavy atom. The van der Waals surface area contributed by atoms with Crippen molar-refractivity contribution in [3.05, 3.63) is 0 Å². The van der Waals surface area contributed by atoms with Crippen LogP contribution in [0.3, 0.4) is 0 Å². The van der Waals surface area contributed by atoms with Crippen LogP contribution in [-0.4, -0.2) is 30.0 Å². The predicted molar refractivity (Wildman–Crippen MR) is 46.0 cm³/mol. The summed E-state index contributed by atoms with van der Waals surface area (Å²) < 4.78 is 9.44. The molecule has 0 aliphatic carbocycles. The Balaban J connectivity index is 3.67. The number of halogens is 1. The van der Waals surface area contributed by atoms with Gasteiger partial charge in [0.1, 0.15) is 12.7 Å². The third-order valence-corrected chi connectivity index (χ3v) is 1.70. The highest BCUT2D eigenvalue weighted by Gasteiger charge is 2.11. The highest BCUT2D eigenvalue weighted by Crippen LogP contribution is 1.99. The Morgan fingerprint density at radius 1 is 1.33 bits per heavy atom. The number of hydrogen-bond donors (Lipinski definition) is 0. The first-order valence-corrected chi connectivity index (χ1v) is 4.55. The molecule has 0 unspecified atom stereocenters. The molecule has 0 aromatic carbocycles. The molecule has 0 rings (SSSR count). The van der Waals surface area contributed by atoms with Gasteiger partial charge in [0, 0.05) is 19.2 Å². The van der Waals surface area contributed by atoms with Gasteiger partial charge in [-0.15, -0.1) is 0 Å². The molecule has 0 bridgehead atoms. The molecule has 0 aromatic heterocycles. The van der Waals surface area contributed by atoms with Gasteiger partial charge in [-0.3, -0.25) is 9.59 Å². The van der Waals surface area contributed by atoms with Crippen molar-refractivity contribution >= 4 is 27.9 Å². The number of rotatable bonds is 4. The summed E-state index contributed by atoms with van der Waals surface area (Å²) in [5.41, 5.74) is 0. The zero-order valence-electron chi connectivity index (χ0n) is 7.00. The van der Waals surface area contributed by atoms with E-state index in [9.17, 15) is 9.59 Å². The number of alkyl halides is 1. The van der Waals surface area contributed by atoms with Gasteiger partial charge in [0.2, 0.25) is 0 Å². The Labute approximate surface area is 79.3 Å². The summed E-state index contributed by atoms with van der Waals surface area (Å²) in [6.45, 7) is 2.71. The minimum absolute atomic E-state index is 0.0974. The first-order chi connectivity index (χ1) is 5.56. The molecule has 0 radical (unpaired) electrons. The predicted octanol–water partition coefficient (Wildman–Crippen LogP) is 0.876. The normalized spacial score (nSPS) is 11.9. The fraction of sp³-hybridized carbons (Fsp3) is 0.714. The molecule has 0 fully saturated rings. The Morgan fingerprint density at radius 3 is 2.25 bits per heavy atom. The van der Waals surface area contributed by atoms with Gasteiger partial charge in [-0.25, -0.2) is 0 Å². The van der Waals surface area contributed by atoms with Crippen molar-refractivity contribution in [2.75, 3.05) is 11.9 Å². The molecule has 0 spiro atoms. The van der Waals surface area contributed by atoms with Gasteiger partial charge in [-0.05, 0) is 0 Å². The van der Waals surface area contributed by atoms with E-state index in [1.54, 1.807) is 0 Å². The van der Waals surface area contributed by atoms with Crippen LogP contribution in [-0.2, 0) is 19.1 Å². The fourth-order valence-corrected chi connectivity index (χ4v) is 0.874. The quantitative estimate of drug-likeness (QED) is 0.539. The average molecular weight is 239 g/mol. The molecule has 0 aliphatic heterocycles. The third-order valence-electron chi connectivity index (χ3n) is 0.977. The number of esters is 2. The van der Waals surface area contributed by atoms with Gasteiger partial charge < -0.3 is 9.47 Å². The van der Waals surface area contributed by atoms with Crippen LogP contribution in [0, 0.1) is 0 Å². The molecular formula is C7H11BrO4. The lowest BCUT2D eigenvalue weighted by Gasteiger charge is -2.13. The zero-order chi connectivity index (χ0) is 9.56. The smallest absolute Gasteiger partial charge is 0.303 e. The van der Waals surface area contributed by atoms with E-state index in [0.29, 0.717) is 5.33 Å². The summed E-state index contributed by atoms with van der Waals surface area (Å²) in [6, 6.07) is 0. The van der Waals surface area contributed by atoms with E-state index >= 15 is 0 Å². The largest absolute Gasteiger partial charge is 0.462 e. The molecule has 0 aliphatic rings.